The number of aromatic nitrogens is 1. The van der Waals surface area contributed by atoms with Crippen molar-refractivity contribution < 1.29 is 19.1 Å². The number of fused-ring (bicyclic) bond motifs is 3. The summed E-state index contributed by atoms with van der Waals surface area (Å²) in [6, 6.07) is 18.0. The average molecular weight is 439 g/mol. The standard InChI is InChI=1S/C24H20ClFN2O3/c1-27-21-5-3-2-4-17(21)18-8-6-15(11-22(18)27)12-23(29)28(14-24(30)31)13-16-7-9-20(26)19(25)10-16/h2-11H,12-14H2,1H3,(H,30,31). The maximum atomic E-state index is 13.4. The molecule has 158 valence electrons. The van der Waals surface area contributed by atoms with E-state index < -0.39 is 18.3 Å². The van der Waals surface area contributed by atoms with E-state index in [0.29, 0.717) is 5.56 Å². The Morgan fingerprint density at radius 1 is 1.00 bits per heavy atom. The van der Waals surface area contributed by atoms with Crippen molar-refractivity contribution in [2.45, 2.75) is 13.0 Å². The van der Waals surface area contributed by atoms with Gasteiger partial charge in [0.2, 0.25) is 5.91 Å². The van der Waals surface area contributed by atoms with Gasteiger partial charge in [0.1, 0.15) is 12.4 Å². The topological polar surface area (TPSA) is 62.5 Å². The van der Waals surface area contributed by atoms with Crippen LogP contribution in [0.25, 0.3) is 21.8 Å². The molecule has 0 aliphatic rings. The third-order valence-corrected chi connectivity index (χ3v) is 5.66. The molecule has 1 amide bonds. The first-order valence-corrected chi connectivity index (χ1v) is 10.1. The lowest BCUT2D eigenvalue weighted by Gasteiger charge is -2.21. The summed E-state index contributed by atoms with van der Waals surface area (Å²) in [5, 5.41) is 11.4. The SMILES string of the molecule is Cn1c2ccccc2c2ccc(CC(=O)N(CC(=O)O)Cc3ccc(F)c(Cl)c3)cc21. The fraction of sp³-hybridized carbons (Fsp3) is 0.167. The van der Waals surface area contributed by atoms with E-state index in [1.54, 1.807) is 0 Å². The average Bonchev–Trinajstić information content (AvgIpc) is 3.02. The molecule has 1 N–H and O–H groups in total. The molecule has 0 fully saturated rings. The molecule has 31 heavy (non-hydrogen) atoms. The summed E-state index contributed by atoms with van der Waals surface area (Å²) < 4.78 is 15.5. The van der Waals surface area contributed by atoms with E-state index in [-0.39, 0.29) is 23.9 Å². The van der Waals surface area contributed by atoms with Gasteiger partial charge in [0.15, 0.2) is 0 Å². The molecule has 0 aliphatic heterocycles. The zero-order chi connectivity index (χ0) is 22.1. The molecule has 0 saturated carbocycles. The number of aliphatic carboxylic acids is 1. The van der Waals surface area contributed by atoms with Gasteiger partial charge in [-0.15, -0.1) is 0 Å². The molecule has 3 aromatic carbocycles. The monoisotopic (exact) mass is 438 g/mol. The number of carbonyl (C=O) groups excluding carboxylic acids is 1. The fourth-order valence-electron chi connectivity index (χ4n) is 3.86. The van der Waals surface area contributed by atoms with Crippen LogP contribution in [-0.2, 0) is 29.6 Å². The molecule has 0 atom stereocenters. The molecule has 4 aromatic rings. The predicted octanol–water partition coefficient (Wildman–Crippen LogP) is 4.78. The van der Waals surface area contributed by atoms with E-state index in [0.717, 1.165) is 27.4 Å². The van der Waals surface area contributed by atoms with E-state index in [9.17, 15) is 19.1 Å². The Balaban J connectivity index is 1.60. The zero-order valence-corrected chi connectivity index (χ0v) is 17.6. The van der Waals surface area contributed by atoms with Gasteiger partial charge in [0.05, 0.1) is 11.4 Å². The number of amides is 1. The normalized spacial score (nSPS) is 11.2. The third-order valence-electron chi connectivity index (χ3n) is 5.37. The van der Waals surface area contributed by atoms with Crippen LogP contribution in [0.4, 0.5) is 4.39 Å². The van der Waals surface area contributed by atoms with Crippen molar-refractivity contribution in [3.8, 4) is 0 Å². The summed E-state index contributed by atoms with van der Waals surface area (Å²) in [5.74, 6) is -2.02. The number of carboxylic acids is 1. The predicted molar refractivity (Wildman–Crippen MR) is 119 cm³/mol. The Hall–Kier alpha value is -3.38. The summed E-state index contributed by atoms with van der Waals surface area (Å²) in [5.41, 5.74) is 3.45. The minimum Gasteiger partial charge on any atom is -0.480 e. The van der Waals surface area contributed by atoms with Gasteiger partial charge in [0.25, 0.3) is 0 Å². The molecule has 0 bridgehead atoms. The highest BCUT2D eigenvalue weighted by molar-refractivity contribution is 6.30. The molecule has 5 nitrogen and oxygen atoms in total. The van der Waals surface area contributed by atoms with Crippen molar-refractivity contribution in [2.24, 2.45) is 7.05 Å². The molecule has 0 radical (unpaired) electrons. The minimum atomic E-state index is -1.12. The van der Waals surface area contributed by atoms with Crippen LogP contribution in [0.2, 0.25) is 5.02 Å². The van der Waals surface area contributed by atoms with Gasteiger partial charge in [-0.25, -0.2) is 4.39 Å². The summed E-state index contributed by atoms with van der Waals surface area (Å²) in [7, 11) is 1.98. The van der Waals surface area contributed by atoms with Crippen molar-refractivity contribution in [2.75, 3.05) is 6.54 Å². The van der Waals surface area contributed by atoms with Crippen molar-refractivity contribution in [3.05, 3.63) is 82.6 Å². The van der Waals surface area contributed by atoms with Gasteiger partial charge in [0, 0.05) is 35.4 Å². The van der Waals surface area contributed by atoms with E-state index in [4.69, 9.17) is 11.6 Å². The third kappa shape index (κ3) is 4.25. The maximum Gasteiger partial charge on any atom is 0.323 e. The molecule has 0 aliphatic carbocycles. The summed E-state index contributed by atoms with van der Waals surface area (Å²) in [6.07, 6.45) is 0.0552. The number of carboxylic acid groups (broad SMARTS) is 1. The molecule has 0 spiro atoms. The molecule has 0 unspecified atom stereocenters. The van der Waals surface area contributed by atoms with Gasteiger partial charge >= 0.3 is 5.97 Å². The maximum absolute atomic E-state index is 13.4. The van der Waals surface area contributed by atoms with Gasteiger partial charge < -0.3 is 14.6 Å². The van der Waals surface area contributed by atoms with Crippen LogP contribution < -0.4 is 0 Å². The first-order valence-electron chi connectivity index (χ1n) is 9.73. The van der Waals surface area contributed by atoms with E-state index in [1.165, 1.54) is 23.1 Å². The van der Waals surface area contributed by atoms with Gasteiger partial charge in [-0.3, -0.25) is 9.59 Å². The van der Waals surface area contributed by atoms with Crippen LogP contribution in [0, 0.1) is 5.82 Å². The molecule has 1 aromatic heterocycles. The van der Waals surface area contributed by atoms with E-state index >= 15 is 0 Å². The van der Waals surface area contributed by atoms with Crippen LogP contribution in [0.5, 0.6) is 0 Å². The lowest BCUT2D eigenvalue weighted by Crippen LogP contribution is -2.36. The van der Waals surface area contributed by atoms with E-state index in [1.807, 2.05) is 43.4 Å². The van der Waals surface area contributed by atoms with Gasteiger partial charge in [-0.1, -0.05) is 48.0 Å². The lowest BCUT2D eigenvalue weighted by molar-refractivity contribution is -0.144. The molecule has 4 rings (SSSR count). The van der Waals surface area contributed by atoms with E-state index in [2.05, 4.69) is 10.6 Å². The molecular weight excluding hydrogens is 419 g/mol. The van der Waals surface area contributed by atoms with Crippen LogP contribution in [0.1, 0.15) is 11.1 Å². The number of aryl methyl sites for hydroxylation is 1. The number of rotatable bonds is 6. The second kappa shape index (κ2) is 8.40. The quantitative estimate of drug-likeness (QED) is 0.471. The second-order valence-electron chi connectivity index (χ2n) is 7.50. The Kier molecular flexibility index (Phi) is 5.65. The highest BCUT2D eigenvalue weighted by Gasteiger charge is 2.19. The van der Waals surface area contributed by atoms with Crippen molar-refractivity contribution in [1.29, 1.82) is 0 Å². The number of hydrogen-bond acceptors (Lipinski definition) is 2. The lowest BCUT2D eigenvalue weighted by atomic mass is 10.1. The Labute approximate surface area is 183 Å². The molecule has 0 saturated heterocycles. The van der Waals surface area contributed by atoms with Crippen LogP contribution >= 0.6 is 11.6 Å². The van der Waals surface area contributed by atoms with Gasteiger partial charge in [-0.2, -0.15) is 0 Å². The zero-order valence-electron chi connectivity index (χ0n) is 16.8. The highest BCUT2D eigenvalue weighted by Crippen LogP contribution is 2.29. The number of nitrogens with zero attached hydrogens (tertiary/aromatic N) is 2. The van der Waals surface area contributed by atoms with Crippen molar-refractivity contribution >= 4 is 45.3 Å². The Bertz CT molecular complexity index is 1320. The second-order valence-corrected chi connectivity index (χ2v) is 7.90. The number of carbonyl (C=O) groups is 2. The minimum absolute atomic E-state index is 0.0292. The number of halogens is 2. The fourth-order valence-corrected chi connectivity index (χ4v) is 4.06. The number of para-hydroxylation sites is 1. The number of benzene rings is 3. The smallest absolute Gasteiger partial charge is 0.323 e. The van der Waals surface area contributed by atoms with Crippen molar-refractivity contribution in [1.82, 2.24) is 9.47 Å². The molecular formula is C24H20ClFN2O3. The van der Waals surface area contributed by atoms with Crippen LogP contribution in [-0.4, -0.2) is 33.0 Å². The summed E-state index contributed by atoms with van der Waals surface area (Å²) in [4.78, 5) is 25.5. The Morgan fingerprint density at radius 3 is 2.45 bits per heavy atom. The van der Waals surface area contributed by atoms with Crippen LogP contribution in [0.15, 0.2) is 60.7 Å². The summed E-state index contributed by atoms with van der Waals surface area (Å²) in [6.45, 7) is -0.425. The highest BCUT2D eigenvalue weighted by atomic mass is 35.5. The number of hydrogen-bond donors (Lipinski definition) is 1. The molecule has 1 heterocycles. The first-order chi connectivity index (χ1) is 14.8. The van der Waals surface area contributed by atoms with Crippen molar-refractivity contribution in [3.63, 3.8) is 0 Å². The largest absolute Gasteiger partial charge is 0.480 e. The summed E-state index contributed by atoms with van der Waals surface area (Å²) >= 11 is 5.82. The Morgan fingerprint density at radius 2 is 1.71 bits per heavy atom. The van der Waals surface area contributed by atoms with Crippen LogP contribution in [0.3, 0.4) is 0 Å². The first kappa shape index (κ1) is 20.9. The molecule has 7 heteroatoms. The van der Waals surface area contributed by atoms with Gasteiger partial charge in [-0.05, 0) is 35.4 Å².